The molecule has 1 N–H and O–H groups in total. The van der Waals surface area contributed by atoms with Gasteiger partial charge in [0.1, 0.15) is 0 Å². The van der Waals surface area contributed by atoms with E-state index < -0.39 is 18.9 Å². The van der Waals surface area contributed by atoms with E-state index in [1.807, 2.05) is 6.92 Å². The molecule has 0 radical (unpaired) electrons. The Balaban J connectivity index is 2.25. The van der Waals surface area contributed by atoms with Crippen LogP contribution in [0, 0.1) is 6.92 Å². The Bertz CT molecular complexity index is 327. The van der Waals surface area contributed by atoms with Crippen molar-refractivity contribution in [2.24, 2.45) is 0 Å². The summed E-state index contributed by atoms with van der Waals surface area (Å²) in [7, 11) is 0. The summed E-state index contributed by atoms with van der Waals surface area (Å²) in [6.45, 7) is 1.06. The second-order valence-corrected chi connectivity index (χ2v) is 4.29. The van der Waals surface area contributed by atoms with Crippen molar-refractivity contribution in [1.82, 2.24) is 10.3 Å². The maximum absolute atomic E-state index is 12.5. The van der Waals surface area contributed by atoms with Gasteiger partial charge in [0, 0.05) is 11.4 Å². The molecule has 0 aliphatic rings. The lowest BCUT2D eigenvalue weighted by molar-refractivity contribution is -0.125. The first kappa shape index (κ1) is 13.4. The molecule has 16 heavy (non-hydrogen) atoms. The van der Waals surface area contributed by atoms with Crippen LogP contribution in [0.5, 0.6) is 0 Å². The summed E-state index contributed by atoms with van der Waals surface area (Å²) >= 11 is 1.43. The smallest absolute Gasteiger partial charge is 0.311 e. The third kappa shape index (κ3) is 3.71. The normalized spacial score (nSPS) is 12.4. The number of alkyl halides is 4. The van der Waals surface area contributed by atoms with Gasteiger partial charge in [0.2, 0.25) is 0 Å². The fourth-order valence-corrected chi connectivity index (χ4v) is 1.88. The third-order valence-corrected chi connectivity index (χ3v) is 3.05. The average molecular weight is 256 g/mol. The molecule has 92 valence electrons. The second kappa shape index (κ2) is 5.58. The van der Waals surface area contributed by atoms with Gasteiger partial charge in [-0.3, -0.25) is 0 Å². The summed E-state index contributed by atoms with van der Waals surface area (Å²) in [5.74, 6) is -3.96. The number of rotatable bonds is 6. The minimum atomic E-state index is -3.96. The van der Waals surface area contributed by atoms with Crippen LogP contribution in [0.25, 0.3) is 0 Å². The Morgan fingerprint density at radius 3 is 2.69 bits per heavy atom. The molecular weight excluding hydrogens is 244 g/mol. The van der Waals surface area contributed by atoms with Crippen molar-refractivity contribution in [3.8, 4) is 0 Å². The molecule has 1 aromatic heterocycles. The summed E-state index contributed by atoms with van der Waals surface area (Å²) in [6, 6.07) is 0. The molecule has 0 unspecified atom stereocenters. The van der Waals surface area contributed by atoms with Gasteiger partial charge in [0.25, 0.3) is 0 Å². The minimum absolute atomic E-state index is 0.241. The van der Waals surface area contributed by atoms with Crippen LogP contribution in [0.15, 0.2) is 5.51 Å². The maximum Gasteiger partial charge on any atom is 0.319 e. The fourth-order valence-electron chi connectivity index (χ4n) is 1.10. The molecule has 1 rings (SSSR count). The minimum Gasteiger partial charge on any atom is -0.311 e. The van der Waals surface area contributed by atoms with Gasteiger partial charge >= 0.3 is 12.3 Å². The number of nitrogens with zero attached hydrogens (tertiary/aromatic N) is 1. The molecule has 0 saturated carbocycles. The first-order valence-electron chi connectivity index (χ1n) is 4.69. The molecule has 0 spiro atoms. The average Bonchev–Trinajstić information content (AvgIpc) is 2.59. The quantitative estimate of drug-likeness (QED) is 0.625. The molecular formula is C9H12F4N2S. The summed E-state index contributed by atoms with van der Waals surface area (Å²) in [4.78, 5) is 4.97. The van der Waals surface area contributed by atoms with Crippen molar-refractivity contribution in [2.75, 3.05) is 13.1 Å². The topological polar surface area (TPSA) is 24.9 Å². The van der Waals surface area contributed by atoms with Crippen LogP contribution in [0.1, 0.15) is 10.6 Å². The van der Waals surface area contributed by atoms with Crippen LogP contribution >= 0.6 is 11.3 Å². The number of aryl methyl sites for hydroxylation is 1. The Hall–Kier alpha value is -0.690. The zero-order valence-electron chi connectivity index (χ0n) is 8.64. The Labute approximate surface area is 94.7 Å². The summed E-state index contributed by atoms with van der Waals surface area (Å²) in [6.07, 6.45) is -3.10. The van der Waals surface area contributed by atoms with Crippen LogP contribution in [0.3, 0.4) is 0 Å². The number of aromatic nitrogens is 1. The Kier molecular flexibility index (Phi) is 4.67. The lowest BCUT2D eigenvalue weighted by atomic mass is 10.3. The molecule has 0 saturated heterocycles. The van der Waals surface area contributed by atoms with E-state index in [2.05, 4.69) is 10.3 Å². The summed E-state index contributed by atoms with van der Waals surface area (Å²) in [5.41, 5.74) is 2.52. The van der Waals surface area contributed by atoms with E-state index in [0.29, 0.717) is 6.42 Å². The monoisotopic (exact) mass is 256 g/mol. The number of hydrogen-bond acceptors (Lipinski definition) is 3. The molecule has 1 aromatic rings. The van der Waals surface area contributed by atoms with Crippen LogP contribution in [-0.4, -0.2) is 30.4 Å². The first-order chi connectivity index (χ1) is 7.43. The second-order valence-electron chi connectivity index (χ2n) is 3.35. The molecule has 0 bridgehead atoms. The molecule has 1 heterocycles. The van der Waals surface area contributed by atoms with E-state index in [9.17, 15) is 17.6 Å². The van der Waals surface area contributed by atoms with Gasteiger partial charge in [-0.2, -0.15) is 8.78 Å². The van der Waals surface area contributed by atoms with E-state index in [0.717, 1.165) is 10.6 Å². The van der Waals surface area contributed by atoms with Gasteiger partial charge in [-0.05, 0) is 13.3 Å². The summed E-state index contributed by atoms with van der Waals surface area (Å²) in [5, 5.41) is 2.32. The van der Waals surface area contributed by atoms with E-state index in [-0.39, 0.29) is 6.54 Å². The number of hydrogen-bond donors (Lipinski definition) is 1. The van der Waals surface area contributed by atoms with Gasteiger partial charge in [-0.1, -0.05) is 0 Å². The molecule has 2 nitrogen and oxygen atoms in total. The highest BCUT2D eigenvalue weighted by atomic mass is 32.1. The lowest BCUT2D eigenvalue weighted by Gasteiger charge is -2.15. The molecule has 7 heteroatoms. The molecule has 0 aromatic carbocycles. The van der Waals surface area contributed by atoms with E-state index >= 15 is 0 Å². The van der Waals surface area contributed by atoms with Crippen molar-refractivity contribution in [1.29, 1.82) is 0 Å². The van der Waals surface area contributed by atoms with Crippen molar-refractivity contribution < 1.29 is 17.6 Å². The van der Waals surface area contributed by atoms with Gasteiger partial charge in [0.15, 0.2) is 0 Å². The Morgan fingerprint density at radius 1 is 1.50 bits per heavy atom. The van der Waals surface area contributed by atoms with Gasteiger partial charge < -0.3 is 5.32 Å². The SMILES string of the molecule is Cc1ncsc1CCNCC(F)(F)C(F)F. The highest BCUT2D eigenvalue weighted by Crippen LogP contribution is 2.21. The largest absolute Gasteiger partial charge is 0.319 e. The van der Waals surface area contributed by atoms with Crippen molar-refractivity contribution in [2.45, 2.75) is 25.7 Å². The van der Waals surface area contributed by atoms with Crippen LogP contribution in [0.4, 0.5) is 17.6 Å². The van der Waals surface area contributed by atoms with Gasteiger partial charge in [-0.25, -0.2) is 13.8 Å². The van der Waals surface area contributed by atoms with Crippen LogP contribution < -0.4 is 5.32 Å². The zero-order chi connectivity index (χ0) is 12.2. The van der Waals surface area contributed by atoms with Crippen LogP contribution in [-0.2, 0) is 6.42 Å². The van der Waals surface area contributed by atoms with Crippen molar-refractivity contribution in [3.63, 3.8) is 0 Å². The summed E-state index contributed by atoms with van der Waals surface area (Å²) < 4.78 is 48.5. The van der Waals surface area contributed by atoms with Gasteiger partial charge in [0.05, 0.1) is 17.7 Å². The Morgan fingerprint density at radius 2 is 2.19 bits per heavy atom. The molecule has 0 aliphatic heterocycles. The van der Waals surface area contributed by atoms with Gasteiger partial charge in [-0.15, -0.1) is 11.3 Å². The predicted molar refractivity (Wildman–Crippen MR) is 54.4 cm³/mol. The zero-order valence-corrected chi connectivity index (χ0v) is 9.46. The van der Waals surface area contributed by atoms with Crippen molar-refractivity contribution >= 4 is 11.3 Å². The highest BCUT2D eigenvalue weighted by Gasteiger charge is 2.39. The molecule has 0 amide bonds. The van der Waals surface area contributed by atoms with Crippen molar-refractivity contribution in [3.05, 3.63) is 16.1 Å². The van der Waals surface area contributed by atoms with Crippen LogP contribution in [0.2, 0.25) is 0 Å². The van der Waals surface area contributed by atoms with E-state index in [1.165, 1.54) is 11.3 Å². The number of thiazole rings is 1. The fraction of sp³-hybridized carbons (Fsp3) is 0.667. The highest BCUT2D eigenvalue weighted by molar-refractivity contribution is 7.09. The standard InChI is InChI=1S/C9H12F4N2S/c1-6-7(16-5-15-6)2-3-14-4-9(12,13)8(10)11/h5,8,14H,2-4H2,1H3. The van der Waals surface area contributed by atoms with E-state index in [1.54, 1.807) is 5.51 Å². The number of halogens is 4. The number of nitrogens with one attached hydrogen (secondary N) is 1. The predicted octanol–water partition coefficient (Wildman–Crippen LogP) is 2.48. The molecule has 0 fully saturated rings. The lowest BCUT2D eigenvalue weighted by Crippen LogP contribution is -2.39. The molecule has 0 aliphatic carbocycles. The van der Waals surface area contributed by atoms with E-state index in [4.69, 9.17) is 0 Å². The molecule has 0 atom stereocenters. The third-order valence-electron chi connectivity index (χ3n) is 2.05. The maximum atomic E-state index is 12.5. The first-order valence-corrected chi connectivity index (χ1v) is 5.57.